The first-order valence-electron chi connectivity index (χ1n) is 16.9. The largest absolute Gasteiger partial charge is 0.360 e. The number of rotatable bonds is 7. The molecule has 4 aromatic rings. The summed E-state index contributed by atoms with van der Waals surface area (Å²) in [6.07, 6.45) is 6.04. The Kier molecular flexibility index (Phi) is 8.31. The van der Waals surface area contributed by atoms with Gasteiger partial charge in [-0.05, 0) is 55.4 Å². The summed E-state index contributed by atoms with van der Waals surface area (Å²) in [4.78, 5) is 81.1. The van der Waals surface area contributed by atoms with E-state index in [4.69, 9.17) is 16.6 Å². The number of carbonyl (C=O) groups excluding carboxylic acids is 5. The van der Waals surface area contributed by atoms with Gasteiger partial charge < -0.3 is 15.2 Å². The highest BCUT2D eigenvalue weighted by Gasteiger charge is 2.45. The smallest absolute Gasteiger partial charge is 0.262 e. The first-order chi connectivity index (χ1) is 24.2. The molecule has 2 atom stereocenters. The van der Waals surface area contributed by atoms with Gasteiger partial charge in [0.05, 0.1) is 34.6 Å². The Labute approximate surface area is 292 Å². The van der Waals surface area contributed by atoms with Crippen LogP contribution >= 0.6 is 11.6 Å². The Balaban J connectivity index is 0.844. The second-order valence-electron chi connectivity index (χ2n) is 13.4. The van der Waals surface area contributed by atoms with Crippen molar-refractivity contribution in [2.24, 2.45) is 0 Å². The van der Waals surface area contributed by atoms with Gasteiger partial charge in [0.15, 0.2) is 0 Å². The Hall–Kier alpha value is -5.14. The van der Waals surface area contributed by atoms with Crippen molar-refractivity contribution >= 4 is 58.0 Å². The Morgan fingerprint density at radius 1 is 0.940 bits per heavy atom. The summed E-state index contributed by atoms with van der Waals surface area (Å²) in [6, 6.07) is 12.4. The third-order valence-electron chi connectivity index (χ3n) is 10.3. The number of aromatic nitrogens is 3. The number of benzene rings is 2. The van der Waals surface area contributed by atoms with E-state index >= 15 is 0 Å². The molecule has 1 unspecified atom stereocenters. The number of amides is 5. The monoisotopic (exact) mass is 694 g/mol. The zero-order chi connectivity index (χ0) is 34.5. The van der Waals surface area contributed by atoms with Gasteiger partial charge in [-0.1, -0.05) is 35.9 Å². The minimum Gasteiger partial charge on any atom is -0.360 e. The lowest BCUT2D eigenvalue weighted by atomic mass is 9.88. The van der Waals surface area contributed by atoms with Crippen molar-refractivity contribution in [1.29, 1.82) is 0 Å². The number of nitrogens with zero attached hydrogens (tertiary/aromatic N) is 5. The molecule has 3 N–H and O–H groups in total. The number of likely N-dealkylation sites (tertiary alicyclic amines) is 2. The van der Waals surface area contributed by atoms with E-state index in [1.165, 1.54) is 0 Å². The molecule has 4 aliphatic heterocycles. The van der Waals surface area contributed by atoms with E-state index in [1.54, 1.807) is 18.3 Å². The van der Waals surface area contributed by atoms with Gasteiger partial charge in [0.2, 0.25) is 23.7 Å². The first kappa shape index (κ1) is 32.1. The maximum Gasteiger partial charge on any atom is 0.262 e. The van der Waals surface area contributed by atoms with E-state index in [1.807, 2.05) is 41.4 Å². The van der Waals surface area contributed by atoms with E-state index in [0.717, 1.165) is 52.7 Å². The Morgan fingerprint density at radius 2 is 1.74 bits per heavy atom. The van der Waals surface area contributed by atoms with Gasteiger partial charge in [-0.25, -0.2) is 9.97 Å². The molecule has 256 valence electrons. The summed E-state index contributed by atoms with van der Waals surface area (Å²) in [7, 11) is 0. The molecular weight excluding hydrogens is 660 g/mol. The van der Waals surface area contributed by atoms with Gasteiger partial charge in [0, 0.05) is 61.3 Å². The highest BCUT2D eigenvalue weighted by atomic mass is 35.5. The maximum atomic E-state index is 13.3. The van der Waals surface area contributed by atoms with E-state index in [2.05, 4.69) is 25.5 Å². The van der Waals surface area contributed by atoms with Gasteiger partial charge in [-0.3, -0.25) is 39.1 Å². The quantitative estimate of drug-likeness (QED) is 0.246. The van der Waals surface area contributed by atoms with Crippen LogP contribution in [0, 0.1) is 0 Å². The molecule has 0 spiro atoms. The summed E-state index contributed by atoms with van der Waals surface area (Å²) < 4.78 is 0. The molecule has 8 rings (SSSR count). The molecule has 0 bridgehead atoms. The van der Waals surface area contributed by atoms with Crippen LogP contribution in [0.4, 0.5) is 5.95 Å². The number of imide groups is 2. The lowest BCUT2D eigenvalue weighted by Gasteiger charge is -2.33. The number of halogens is 1. The minimum atomic E-state index is -0.992. The second-order valence-corrected chi connectivity index (χ2v) is 13.8. The van der Waals surface area contributed by atoms with Crippen molar-refractivity contribution in [2.45, 2.75) is 50.1 Å². The normalized spacial score (nSPS) is 21.6. The van der Waals surface area contributed by atoms with Crippen LogP contribution in [0.25, 0.3) is 22.2 Å². The van der Waals surface area contributed by atoms with E-state index in [0.29, 0.717) is 42.8 Å². The highest BCUT2D eigenvalue weighted by molar-refractivity contribution is 6.33. The number of fused-ring (bicyclic) bond motifs is 2. The summed E-state index contributed by atoms with van der Waals surface area (Å²) in [6.45, 7) is 2.99. The first-order valence-corrected chi connectivity index (χ1v) is 17.3. The summed E-state index contributed by atoms with van der Waals surface area (Å²) in [5, 5.41) is 7.16. The molecule has 2 aromatic heterocycles. The molecule has 50 heavy (non-hydrogen) atoms. The van der Waals surface area contributed by atoms with Crippen molar-refractivity contribution in [3.63, 3.8) is 0 Å². The molecule has 0 radical (unpaired) electrons. The molecule has 4 aliphatic rings. The zero-order valence-corrected chi connectivity index (χ0v) is 27.9. The third kappa shape index (κ3) is 5.90. The lowest BCUT2D eigenvalue weighted by Crippen LogP contribution is -2.54. The van der Waals surface area contributed by atoms with Crippen LogP contribution in [0.15, 0.2) is 54.9 Å². The average molecular weight is 695 g/mol. The van der Waals surface area contributed by atoms with Crippen molar-refractivity contribution in [3.8, 4) is 11.3 Å². The maximum absolute atomic E-state index is 13.3. The van der Waals surface area contributed by atoms with Crippen LogP contribution in [-0.4, -0.2) is 104 Å². The van der Waals surface area contributed by atoms with Crippen LogP contribution in [-0.2, 0) is 14.4 Å². The van der Waals surface area contributed by atoms with Crippen LogP contribution in [0.1, 0.15) is 64.3 Å². The van der Waals surface area contributed by atoms with Crippen molar-refractivity contribution in [3.05, 3.63) is 76.6 Å². The molecule has 3 fully saturated rings. The van der Waals surface area contributed by atoms with E-state index < -0.39 is 29.7 Å². The third-order valence-corrected chi connectivity index (χ3v) is 10.6. The number of para-hydroxylation sites is 1. The van der Waals surface area contributed by atoms with Crippen molar-refractivity contribution < 1.29 is 24.0 Å². The fourth-order valence-electron chi connectivity index (χ4n) is 7.67. The van der Waals surface area contributed by atoms with Crippen molar-refractivity contribution in [2.75, 3.05) is 38.0 Å². The molecule has 3 saturated heterocycles. The van der Waals surface area contributed by atoms with Gasteiger partial charge in [0.25, 0.3) is 11.8 Å². The highest BCUT2D eigenvalue weighted by Crippen LogP contribution is 2.35. The number of piperidine rings is 2. The SMILES string of the molecule is O=C1CCC(N2C(=O)c3ccc(C4CCN(C(=O)CN5CC[C@@H](Nc6ncc(Cl)c(-c7c[nH]c8ccccc78)n6)C5)CC4)cc3C2=O)C(=O)N1. The molecule has 0 aliphatic carbocycles. The molecule has 13 nitrogen and oxygen atoms in total. The van der Waals surface area contributed by atoms with Gasteiger partial charge in [-0.2, -0.15) is 0 Å². The van der Waals surface area contributed by atoms with E-state index in [9.17, 15) is 24.0 Å². The van der Waals surface area contributed by atoms with Crippen LogP contribution in [0.2, 0.25) is 5.02 Å². The zero-order valence-electron chi connectivity index (χ0n) is 27.2. The Morgan fingerprint density at radius 3 is 2.56 bits per heavy atom. The molecule has 14 heteroatoms. The molecule has 5 amide bonds. The molecular formula is C36H35ClN8O5. The molecule has 6 heterocycles. The number of carbonyl (C=O) groups is 5. The predicted octanol–water partition coefficient (Wildman–Crippen LogP) is 3.57. The van der Waals surface area contributed by atoms with Crippen LogP contribution in [0.5, 0.6) is 0 Å². The lowest BCUT2D eigenvalue weighted by molar-refractivity contribution is -0.136. The van der Waals surface area contributed by atoms with Crippen LogP contribution < -0.4 is 10.6 Å². The summed E-state index contributed by atoms with van der Waals surface area (Å²) in [5.74, 6) is -1.34. The number of H-pyrrole nitrogens is 1. The topological polar surface area (TPSA) is 161 Å². The second kappa shape index (κ2) is 13.0. The molecule has 0 saturated carbocycles. The number of aromatic amines is 1. The van der Waals surface area contributed by atoms with Gasteiger partial charge >= 0.3 is 0 Å². The molecule has 2 aromatic carbocycles. The average Bonchev–Trinajstić information content (AvgIpc) is 3.82. The predicted molar refractivity (Wildman–Crippen MR) is 184 cm³/mol. The number of anilines is 1. The van der Waals surface area contributed by atoms with Crippen LogP contribution in [0.3, 0.4) is 0 Å². The standard InChI is InChI=1S/C36H35ClN8O5/c37-27-17-39-36(42-32(27)26-16-38-28-4-2-1-3-23(26)28)40-22-11-12-43(18-22)19-31(47)44-13-9-20(10-14-44)21-5-6-24-25(15-21)35(50)45(34(24)49)29-7-8-30(46)41-33(29)48/h1-6,15-17,20,22,29,38H,7-14,18-19H2,(H,39,40,42)(H,41,46,48)/t22-,29?/m1/s1. The van der Waals surface area contributed by atoms with Gasteiger partial charge in [-0.15, -0.1) is 0 Å². The fraction of sp³-hybridized carbons (Fsp3) is 0.361. The minimum absolute atomic E-state index is 0.0772. The summed E-state index contributed by atoms with van der Waals surface area (Å²) >= 11 is 6.51. The number of nitrogens with one attached hydrogen (secondary N) is 3. The van der Waals surface area contributed by atoms with E-state index in [-0.39, 0.29) is 41.8 Å². The fourth-order valence-corrected chi connectivity index (χ4v) is 7.86. The number of hydrogen-bond donors (Lipinski definition) is 3. The van der Waals surface area contributed by atoms with Gasteiger partial charge in [0.1, 0.15) is 6.04 Å². The summed E-state index contributed by atoms with van der Waals surface area (Å²) in [5.41, 5.74) is 4.06. The Bertz CT molecular complexity index is 2060. The number of hydrogen-bond acceptors (Lipinski definition) is 9. The van der Waals surface area contributed by atoms with Crippen molar-refractivity contribution in [1.82, 2.24) is 35.0 Å².